The maximum Gasteiger partial charge on any atom is 0.0931 e. The zero-order chi connectivity index (χ0) is 13.0. The largest absolute Gasteiger partial charge is 0.271 e. The van der Waals surface area contributed by atoms with Crippen molar-refractivity contribution >= 4 is 34.7 Å². The van der Waals surface area contributed by atoms with Gasteiger partial charge in [0.05, 0.1) is 10.4 Å². The Balaban J connectivity index is 2.22. The summed E-state index contributed by atoms with van der Waals surface area (Å²) < 4.78 is 0.781. The molecule has 0 radical (unpaired) electrons. The van der Waals surface area contributed by atoms with Gasteiger partial charge >= 0.3 is 0 Å². The van der Waals surface area contributed by atoms with Gasteiger partial charge in [-0.15, -0.1) is 23.1 Å². The summed E-state index contributed by atoms with van der Waals surface area (Å²) in [6, 6.07) is 12.4. The van der Waals surface area contributed by atoms with Crippen LogP contribution < -0.4 is 11.3 Å². The molecule has 1 heterocycles. The van der Waals surface area contributed by atoms with E-state index < -0.39 is 0 Å². The highest BCUT2D eigenvalue weighted by Crippen LogP contribution is 2.31. The van der Waals surface area contributed by atoms with Gasteiger partial charge in [0.25, 0.3) is 0 Å². The third-order valence-corrected chi connectivity index (χ3v) is 4.76. The second-order valence-corrected chi connectivity index (χ2v) is 6.83. The van der Waals surface area contributed by atoms with Crippen LogP contribution in [0.3, 0.4) is 0 Å². The summed E-state index contributed by atoms with van der Waals surface area (Å²) in [5.41, 5.74) is 3.99. The molecule has 2 rings (SSSR count). The minimum atomic E-state index is 0.00294. The van der Waals surface area contributed by atoms with E-state index in [4.69, 9.17) is 17.4 Å². The van der Waals surface area contributed by atoms with Crippen LogP contribution in [0.25, 0.3) is 0 Å². The van der Waals surface area contributed by atoms with Crippen molar-refractivity contribution in [2.45, 2.75) is 17.9 Å². The van der Waals surface area contributed by atoms with Gasteiger partial charge in [-0.1, -0.05) is 30.7 Å². The average Bonchev–Trinajstić information content (AvgIpc) is 2.79. The molecule has 2 nitrogen and oxygen atoms in total. The van der Waals surface area contributed by atoms with Crippen molar-refractivity contribution in [2.24, 2.45) is 5.84 Å². The molecule has 18 heavy (non-hydrogen) atoms. The fraction of sp³-hybridized carbons (Fsp3) is 0.231. The predicted octanol–water partition coefficient (Wildman–Crippen LogP) is 4.07. The van der Waals surface area contributed by atoms with Crippen LogP contribution in [-0.2, 0) is 0 Å². The Morgan fingerprint density at radius 1 is 1.28 bits per heavy atom. The number of hydrogen-bond donors (Lipinski definition) is 2. The molecule has 3 N–H and O–H groups in total. The Bertz CT molecular complexity index is 496. The topological polar surface area (TPSA) is 38.0 Å². The predicted molar refractivity (Wildman–Crippen MR) is 81.3 cm³/mol. The number of thioether (sulfide) groups is 1. The Morgan fingerprint density at radius 2 is 2.00 bits per heavy atom. The maximum atomic E-state index is 5.96. The van der Waals surface area contributed by atoms with Crippen molar-refractivity contribution < 1.29 is 0 Å². The van der Waals surface area contributed by atoms with Gasteiger partial charge < -0.3 is 0 Å². The molecule has 1 aromatic heterocycles. The quantitative estimate of drug-likeness (QED) is 0.496. The molecule has 0 saturated carbocycles. The molecule has 0 aliphatic carbocycles. The fourth-order valence-corrected chi connectivity index (χ4v) is 3.56. The summed E-state index contributed by atoms with van der Waals surface area (Å²) >= 11 is 9.34. The summed E-state index contributed by atoms with van der Waals surface area (Å²) in [4.78, 5) is 2.40. The lowest BCUT2D eigenvalue weighted by atomic mass is 10.1. The number of thiophene rings is 1. The van der Waals surface area contributed by atoms with Gasteiger partial charge in [-0.2, -0.15) is 0 Å². The highest BCUT2D eigenvalue weighted by Gasteiger charge is 2.14. The lowest BCUT2D eigenvalue weighted by molar-refractivity contribution is 0.646. The van der Waals surface area contributed by atoms with Gasteiger partial charge in [-0.05, 0) is 35.6 Å². The van der Waals surface area contributed by atoms with Gasteiger partial charge in [0.1, 0.15) is 0 Å². The van der Waals surface area contributed by atoms with E-state index in [0.29, 0.717) is 0 Å². The third kappa shape index (κ3) is 3.28. The van der Waals surface area contributed by atoms with E-state index in [1.165, 1.54) is 4.90 Å². The molecule has 5 heteroatoms. The Hall–Kier alpha value is -0.520. The van der Waals surface area contributed by atoms with Crippen molar-refractivity contribution in [3.05, 3.63) is 51.2 Å². The molecule has 1 aromatic carbocycles. The number of hydrogen-bond acceptors (Lipinski definition) is 4. The molecule has 0 fully saturated rings. The molecule has 0 amide bonds. The smallest absolute Gasteiger partial charge is 0.0931 e. The second-order valence-electron chi connectivity index (χ2n) is 3.74. The molecular formula is C13H15ClN2S2. The molecule has 0 spiro atoms. The molecular weight excluding hydrogens is 284 g/mol. The molecule has 0 aliphatic rings. The van der Waals surface area contributed by atoms with Crippen LogP contribution in [0, 0.1) is 0 Å². The number of benzene rings is 1. The molecule has 0 saturated heterocycles. The van der Waals surface area contributed by atoms with Crippen LogP contribution in [0.15, 0.2) is 41.3 Å². The van der Waals surface area contributed by atoms with Gasteiger partial charge in [-0.25, -0.2) is 5.43 Å². The van der Waals surface area contributed by atoms with Crippen LogP contribution in [0.5, 0.6) is 0 Å². The monoisotopic (exact) mass is 298 g/mol. The zero-order valence-corrected chi connectivity index (χ0v) is 12.4. The zero-order valence-electron chi connectivity index (χ0n) is 10.0. The molecule has 1 unspecified atom stereocenters. The van der Waals surface area contributed by atoms with Crippen molar-refractivity contribution in [2.75, 3.05) is 5.75 Å². The first-order valence-corrected chi connectivity index (χ1v) is 7.86. The SMILES string of the molecule is CCSc1ccc(C(NN)c2ccc(Cl)s2)cc1. The first kappa shape index (κ1) is 13.9. The van der Waals surface area contributed by atoms with Crippen LogP contribution in [-0.4, -0.2) is 5.75 Å². The number of hydrazine groups is 1. The van der Waals surface area contributed by atoms with Crippen molar-refractivity contribution in [3.8, 4) is 0 Å². The Kier molecular flexibility index (Phi) is 5.09. The van der Waals surface area contributed by atoms with E-state index >= 15 is 0 Å². The normalized spacial score (nSPS) is 12.6. The summed E-state index contributed by atoms with van der Waals surface area (Å²) in [7, 11) is 0. The summed E-state index contributed by atoms with van der Waals surface area (Å²) in [5, 5.41) is 0. The maximum absolute atomic E-state index is 5.96. The number of rotatable bonds is 5. The van der Waals surface area contributed by atoms with Gasteiger partial charge in [0, 0.05) is 9.77 Å². The molecule has 2 aromatic rings. The molecule has 96 valence electrons. The highest BCUT2D eigenvalue weighted by molar-refractivity contribution is 7.99. The first-order chi connectivity index (χ1) is 8.74. The van der Waals surface area contributed by atoms with E-state index in [0.717, 1.165) is 20.5 Å². The van der Waals surface area contributed by atoms with Gasteiger partial charge in [-0.3, -0.25) is 5.84 Å². The third-order valence-electron chi connectivity index (χ3n) is 2.57. The average molecular weight is 299 g/mol. The van der Waals surface area contributed by atoms with E-state index in [2.05, 4.69) is 36.6 Å². The van der Waals surface area contributed by atoms with E-state index in [9.17, 15) is 0 Å². The van der Waals surface area contributed by atoms with Crippen LogP contribution in [0.2, 0.25) is 4.34 Å². The minimum Gasteiger partial charge on any atom is -0.271 e. The lowest BCUT2D eigenvalue weighted by Gasteiger charge is -2.15. The second kappa shape index (κ2) is 6.59. The summed E-state index contributed by atoms with van der Waals surface area (Å²) in [6.07, 6.45) is 0. The van der Waals surface area contributed by atoms with Gasteiger partial charge in [0.15, 0.2) is 0 Å². The van der Waals surface area contributed by atoms with Crippen LogP contribution >= 0.6 is 34.7 Å². The van der Waals surface area contributed by atoms with Crippen molar-refractivity contribution in [3.63, 3.8) is 0 Å². The van der Waals surface area contributed by atoms with Crippen molar-refractivity contribution in [1.82, 2.24) is 5.43 Å². The minimum absolute atomic E-state index is 0.00294. The van der Waals surface area contributed by atoms with E-state index in [1.54, 1.807) is 11.3 Å². The Labute approximate surface area is 121 Å². The van der Waals surface area contributed by atoms with Crippen LogP contribution in [0.4, 0.5) is 0 Å². The summed E-state index contributed by atoms with van der Waals surface area (Å²) in [6.45, 7) is 2.15. The summed E-state index contributed by atoms with van der Waals surface area (Å²) in [5.74, 6) is 6.73. The first-order valence-electron chi connectivity index (χ1n) is 5.68. The highest BCUT2D eigenvalue weighted by atomic mass is 35.5. The number of nitrogens with two attached hydrogens (primary N) is 1. The van der Waals surface area contributed by atoms with Gasteiger partial charge in [0.2, 0.25) is 0 Å². The fourth-order valence-electron chi connectivity index (χ4n) is 1.75. The number of halogens is 1. The van der Waals surface area contributed by atoms with E-state index in [-0.39, 0.29) is 6.04 Å². The lowest BCUT2D eigenvalue weighted by Crippen LogP contribution is -2.28. The number of nitrogens with one attached hydrogen (secondary N) is 1. The van der Waals surface area contributed by atoms with Crippen LogP contribution in [0.1, 0.15) is 23.4 Å². The van der Waals surface area contributed by atoms with E-state index in [1.807, 2.05) is 23.9 Å². The van der Waals surface area contributed by atoms with Crippen molar-refractivity contribution in [1.29, 1.82) is 0 Å². The molecule has 1 atom stereocenters. The molecule has 0 aliphatic heterocycles. The Morgan fingerprint density at radius 3 is 2.50 bits per heavy atom. The standard InChI is InChI=1S/C13H15ClN2S2/c1-2-17-10-5-3-9(4-6-10)13(16-15)11-7-8-12(14)18-11/h3-8,13,16H,2,15H2,1H3. The molecule has 0 bridgehead atoms.